The lowest BCUT2D eigenvalue weighted by Gasteiger charge is -2.20. The zero-order valence-electron chi connectivity index (χ0n) is 51.3. The number of carbonyl (C=O) groups excluding carboxylic acids is 2. The standard InChI is InChI=1S/C70H133NO5/c1-3-5-7-9-11-13-15-17-19-21-32-36-40-44-48-52-56-60-64-70(75)76-65-61-57-53-49-45-41-37-33-30-28-26-24-22-23-25-27-29-31-35-39-43-47-51-55-59-63-69(74)71-67(66-72)68(73)62-58-54-50-46-42-38-34-20-18-16-14-12-10-8-6-4-2/h13,15,19,21,58,62,67-68,72-73H,3-12,14,16-18,20,22-57,59-61,63-66H2,1-2H3,(H,71,74)/b15-13-,21-19-,62-58+. The van der Waals surface area contributed by atoms with Crippen molar-refractivity contribution >= 4 is 11.9 Å². The van der Waals surface area contributed by atoms with E-state index < -0.39 is 12.1 Å². The first-order valence-electron chi connectivity index (χ1n) is 34.3. The Kier molecular flexibility index (Phi) is 63.9. The molecular formula is C70H133NO5. The Labute approximate surface area is 474 Å². The maximum atomic E-state index is 12.5. The van der Waals surface area contributed by atoms with Crippen molar-refractivity contribution in [3.8, 4) is 0 Å². The Morgan fingerprint density at radius 2 is 0.658 bits per heavy atom. The molecule has 0 aromatic carbocycles. The molecule has 0 saturated carbocycles. The van der Waals surface area contributed by atoms with Crippen LogP contribution in [0.1, 0.15) is 373 Å². The number of carbonyl (C=O) groups is 2. The second-order valence-corrected chi connectivity index (χ2v) is 23.5. The fourth-order valence-electron chi connectivity index (χ4n) is 10.7. The van der Waals surface area contributed by atoms with Crippen LogP contribution >= 0.6 is 0 Å². The number of rotatable bonds is 64. The average Bonchev–Trinajstić information content (AvgIpc) is 3.42. The highest BCUT2D eigenvalue weighted by atomic mass is 16.5. The largest absolute Gasteiger partial charge is 0.466 e. The highest BCUT2D eigenvalue weighted by Gasteiger charge is 2.18. The number of ether oxygens (including phenoxy) is 1. The van der Waals surface area contributed by atoms with Gasteiger partial charge in [-0.2, -0.15) is 0 Å². The van der Waals surface area contributed by atoms with Gasteiger partial charge in [-0.25, -0.2) is 0 Å². The minimum absolute atomic E-state index is 0.00898. The summed E-state index contributed by atoms with van der Waals surface area (Å²) >= 11 is 0. The molecule has 76 heavy (non-hydrogen) atoms. The monoisotopic (exact) mass is 1070 g/mol. The number of esters is 1. The molecule has 0 radical (unpaired) electrons. The Morgan fingerprint density at radius 3 is 1.01 bits per heavy atom. The van der Waals surface area contributed by atoms with Crippen molar-refractivity contribution < 1.29 is 24.5 Å². The average molecular weight is 1070 g/mol. The summed E-state index contributed by atoms with van der Waals surface area (Å²) in [4.78, 5) is 24.6. The van der Waals surface area contributed by atoms with Gasteiger partial charge in [-0.15, -0.1) is 0 Å². The first-order chi connectivity index (χ1) is 37.5. The molecule has 0 aliphatic carbocycles. The van der Waals surface area contributed by atoms with Gasteiger partial charge < -0.3 is 20.3 Å². The number of hydrogen-bond acceptors (Lipinski definition) is 5. The molecule has 6 heteroatoms. The summed E-state index contributed by atoms with van der Waals surface area (Å²) < 4.78 is 5.50. The van der Waals surface area contributed by atoms with Crippen LogP contribution in [-0.4, -0.2) is 47.4 Å². The highest BCUT2D eigenvalue weighted by Crippen LogP contribution is 2.18. The molecule has 0 bridgehead atoms. The fraction of sp³-hybridized carbons (Fsp3) is 0.886. The molecule has 0 aromatic rings. The minimum atomic E-state index is -0.843. The lowest BCUT2D eigenvalue weighted by atomic mass is 10.0. The fourth-order valence-corrected chi connectivity index (χ4v) is 10.7. The first kappa shape index (κ1) is 74.1. The normalized spacial score (nSPS) is 12.7. The molecule has 3 N–H and O–H groups in total. The van der Waals surface area contributed by atoms with E-state index in [-0.39, 0.29) is 18.5 Å². The van der Waals surface area contributed by atoms with E-state index in [9.17, 15) is 19.8 Å². The van der Waals surface area contributed by atoms with Gasteiger partial charge in [-0.1, -0.05) is 333 Å². The Bertz CT molecular complexity index is 1230. The van der Waals surface area contributed by atoms with Gasteiger partial charge in [0.05, 0.1) is 25.4 Å². The Morgan fingerprint density at radius 1 is 0.368 bits per heavy atom. The van der Waals surface area contributed by atoms with Crippen molar-refractivity contribution in [3.05, 3.63) is 36.5 Å². The quantitative estimate of drug-likeness (QED) is 0.0320. The van der Waals surface area contributed by atoms with Gasteiger partial charge in [0.2, 0.25) is 5.91 Å². The van der Waals surface area contributed by atoms with Crippen LogP contribution < -0.4 is 5.32 Å². The number of aliphatic hydroxyl groups is 2. The van der Waals surface area contributed by atoms with Crippen molar-refractivity contribution in [3.63, 3.8) is 0 Å². The summed E-state index contributed by atoms with van der Waals surface area (Å²) in [5.41, 5.74) is 0. The third kappa shape index (κ3) is 61.3. The molecule has 6 nitrogen and oxygen atoms in total. The second-order valence-electron chi connectivity index (χ2n) is 23.5. The van der Waals surface area contributed by atoms with Gasteiger partial charge in [-0.3, -0.25) is 9.59 Å². The maximum absolute atomic E-state index is 12.5. The van der Waals surface area contributed by atoms with Crippen molar-refractivity contribution in [2.75, 3.05) is 13.2 Å². The van der Waals surface area contributed by atoms with Gasteiger partial charge in [0.1, 0.15) is 0 Å². The summed E-state index contributed by atoms with van der Waals surface area (Å²) in [7, 11) is 0. The molecular weight excluding hydrogens is 935 g/mol. The van der Waals surface area contributed by atoms with Crippen LogP contribution in [0, 0.1) is 0 Å². The van der Waals surface area contributed by atoms with E-state index >= 15 is 0 Å². The van der Waals surface area contributed by atoms with Crippen LogP contribution in [0.5, 0.6) is 0 Å². The van der Waals surface area contributed by atoms with Crippen molar-refractivity contribution in [2.24, 2.45) is 0 Å². The van der Waals surface area contributed by atoms with Crippen molar-refractivity contribution in [1.82, 2.24) is 5.32 Å². The van der Waals surface area contributed by atoms with Gasteiger partial charge in [0, 0.05) is 12.8 Å². The molecule has 0 aliphatic heterocycles. The third-order valence-corrected chi connectivity index (χ3v) is 15.9. The molecule has 0 aromatic heterocycles. The van der Waals surface area contributed by atoms with E-state index in [1.54, 1.807) is 6.08 Å². The number of unbranched alkanes of at least 4 members (excludes halogenated alkanes) is 49. The predicted octanol–water partition coefficient (Wildman–Crippen LogP) is 21.9. The summed E-state index contributed by atoms with van der Waals surface area (Å²) in [5.74, 6) is -0.0551. The lowest BCUT2D eigenvalue weighted by Crippen LogP contribution is -2.45. The highest BCUT2D eigenvalue weighted by molar-refractivity contribution is 5.76. The van der Waals surface area contributed by atoms with Gasteiger partial charge >= 0.3 is 5.97 Å². The van der Waals surface area contributed by atoms with E-state index in [1.165, 1.54) is 295 Å². The molecule has 2 atom stereocenters. The summed E-state index contributed by atoms with van der Waals surface area (Å²) in [6.45, 7) is 4.91. The molecule has 0 spiro atoms. The van der Waals surface area contributed by atoms with Gasteiger partial charge in [0.15, 0.2) is 0 Å². The Hall–Kier alpha value is -1.92. The molecule has 0 saturated heterocycles. The van der Waals surface area contributed by atoms with E-state index in [2.05, 4.69) is 43.5 Å². The van der Waals surface area contributed by atoms with Crippen molar-refractivity contribution in [2.45, 2.75) is 386 Å². The van der Waals surface area contributed by atoms with Crippen LogP contribution in [0.2, 0.25) is 0 Å². The zero-order chi connectivity index (χ0) is 55.0. The van der Waals surface area contributed by atoms with Crippen molar-refractivity contribution in [1.29, 1.82) is 0 Å². The zero-order valence-corrected chi connectivity index (χ0v) is 51.3. The van der Waals surface area contributed by atoms with Crippen LogP contribution in [0.25, 0.3) is 0 Å². The number of hydrogen-bond donors (Lipinski definition) is 3. The summed E-state index contributed by atoms with van der Waals surface area (Å²) in [5, 5.41) is 23.2. The lowest BCUT2D eigenvalue weighted by molar-refractivity contribution is -0.143. The second kappa shape index (κ2) is 65.6. The molecule has 448 valence electrons. The van der Waals surface area contributed by atoms with Crippen LogP contribution in [-0.2, 0) is 14.3 Å². The predicted molar refractivity (Wildman–Crippen MR) is 333 cm³/mol. The SMILES string of the molecule is CCCCCC/C=C\C/C=C\CCCCCCCCCC(=O)OCCCCCCCCCCCCCCCCCCCCCCCCCCCC(=O)NC(CO)C(O)/C=C/CCCCCCCCCCCCCCCC. The van der Waals surface area contributed by atoms with E-state index in [0.717, 1.165) is 51.4 Å². The van der Waals surface area contributed by atoms with Crippen LogP contribution in [0.15, 0.2) is 36.5 Å². The van der Waals surface area contributed by atoms with E-state index in [0.29, 0.717) is 19.4 Å². The molecule has 0 rings (SSSR count). The first-order valence-corrected chi connectivity index (χ1v) is 34.3. The molecule has 0 heterocycles. The smallest absolute Gasteiger partial charge is 0.305 e. The molecule has 0 fully saturated rings. The van der Waals surface area contributed by atoms with Crippen LogP contribution in [0.4, 0.5) is 0 Å². The van der Waals surface area contributed by atoms with E-state index in [4.69, 9.17) is 4.74 Å². The van der Waals surface area contributed by atoms with E-state index in [1.807, 2.05) is 6.08 Å². The molecule has 0 aliphatic rings. The summed E-state index contributed by atoms with van der Waals surface area (Å²) in [6, 6.07) is -0.627. The molecule has 1 amide bonds. The number of aliphatic hydroxyl groups excluding tert-OH is 2. The van der Waals surface area contributed by atoms with Gasteiger partial charge in [0.25, 0.3) is 0 Å². The molecule has 2 unspecified atom stereocenters. The maximum Gasteiger partial charge on any atom is 0.305 e. The summed E-state index contributed by atoms with van der Waals surface area (Å²) in [6.07, 6.45) is 83.5. The van der Waals surface area contributed by atoms with Gasteiger partial charge in [-0.05, 0) is 64.2 Å². The van der Waals surface area contributed by atoms with Crippen LogP contribution in [0.3, 0.4) is 0 Å². The Balaban J connectivity index is 3.37. The third-order valence-electron chi connectivity index (χ3n) is 15.9. The topological polar surface area (TPSA) is 95.9 Å². The number of allylic oxidation sites excluding steroid dienone is 5. The number of amides is 1. The minimum Gasteiger partial charge on any atom is -0.466 e. The number of nitrogens with one attached hydrogen (secondary N) is 1.